The highest BCUT2D eigenvalue weighted by molar-refractivity contribution is 5.96. The molecule has 5 aliphatic rings. The summed E-state index contributed by atoms with van der Waals surface area (Å²) in [6, 6.07) is -0.758. The van der Waals surface area contributed by atoms with Gasteiger partial charge in [0.25, 0.3) is 0 Å². The summed E-state index contributed by atoms with van der Waals surface area (Å²) in [7, 11) is 0. The Bertz CT molecular complexity index is 988. The minimum absolute atomic E-state index is 0.0353. The lowest BCUT2D eigenvalue weighted by Gasteiger charge is -2.58. The number of esters is 2. The molecule has 34 heavy (non-hydrogen) atoms. The summed E-state index contributed by atoms with van der Waals surface area (Å²) in [4.78, 5) is 49.4. The molecule has 1 saturated heterocycles. The predicted molar refractivity (Wildman–Crippen MR) is 123 cm³/mol. The van der Waals surface area contributed by atoms with Crippen LogP contribution in [0, 0.1) is 34.5 Å². The monoisotopic (exact) mass is 471 g/mol. The molecule has 3 saturated carbocycles. The van der Waals surface area contributed by atoms with Gasteiger partial charge in [0.2, 0.25) is 5.91 Å². The quantitative estimate of drug-likeness (QED) is 0.500. The summed E-state index contributed by atoms with van der Waals surface area (Å²) < 4.78 is 11.6. The maximum absolute atomic E-state index is 13.2. The predicted octanol–water partition coefficient (Wildman–Crippen LogP) is 3.50. The molecule has 186 valence electrons. The zero-order valence-corrected chi connectivity index (χ0v) is 20.9. The number of carbonyl (C=O) groups excluding carboxylic acids is 4. The number of Topliss-reactive ketones (excluding diaryl/α,β-unsaturated/α-hetero) is 1. The van der Waals surface area contributed by atoms with E-state index in [0.717, 1.165) is 38.5 Å². The Labute approximate surface area is 201 Å². The van der Waals surface area contributed by atoms with Gasteiger partial charge in [-0.1, -0.05) is 25.5 Å². The smallest absolute Gasteiger partial charge is 0.330 e. The van der Waals surface area contributed by atoms with E-state index in [1.54, 1.807) is 6.92 Å². The molecular formula is C27H37NO6. The number of ether oxygens (including phenoxy) is 2. The van der Waals surface area contributed by atoms with Gasteiger partial charge in [-0.3, -0.25) is 14.4 Å². The molecule has 0 aromatic rings. The van der Waals surface area contributed by atoms with Crippen LogP contribution in [0.2, 0.25) is 0 Å². The molecule has 4 fully saturated rings. The van der Waals surface area contributed by atoms with Crippen molar-refractivity contribution in [3.8, 4) is 0 Å². The van der Waals surface area contributed by atoms with E-state index in [0.29, 0.717) is 18.3 Å². The van der Waals surface area contributed by atoms with Gasteiger partial charge in [-0.25, -0.2) is 4.79 Å². The first-order valence-corrected chi connectivity index (χ1v) is 12.8. The van der Waals surface area contributed by atoms with Crippen LogP contribution in [0.1, 0.15) is 79.6 Å². The number of hydrogen-bond donors (Lipinski definition) is 1. The second-order valence-electron chi connectivity index (χ2n) is 11.9. The van der Waals surface area contributed by atoms with E-state index in [1.807, 2.05) is 0 Å². The second kappa shape index (κ2) is 7.66. The van der Waals surface area contributed by atoms with Crippen LogP contribution in [0.15, 0.2) is 11.6 Å². The van der Waals surface area contributed by atoms with E-state index >= 15 is 0 Å². The van der Waals surface area contributed by atoms with E-state index < -0.39 is 23.0 Å². The zero-order valence-electron chi connectivity index (χ0n) is 20.9. The standard InChI is InChI=1S/C27H37NO6/c1-14(29)27-22(23(24(32)34-27)28-15(2)30)13-21-19-7-6-17-12-18(33-16(3)31)8-10-25(17,4)20(19)9-11-26(21,27)5/h6,18-23H,7-13H2,1-5H3,(H,28,30)/t18-,19?,20?,21?,22?,23-,25-,26-,27+/m0/s1. The van der Waals surface area contributed by atoms with Crippen molar-refractivity contribution in [1.29, 1.82) is 0 Å². The van der Waals surface area contributed by atoms with E-state index in [1.165, 1.54) is 19.4 Å². The van der Waals surface area contributed by atoms with E-state index in [9.17, 15) is 19.2 Å². The van der Waals surface area contributed by atoms with Crippen molar-refractivity contribution in [3.63, 3.8) is 0 Å². The van der Waals surface area contributed by atoms with Gasteiger partial charge >= 0.3 is 11.9 Å². The summed E-state index contributed by atoms with van der Waals surface area (Å²) in [5.41, 5.74) is -0.123. The van der Waals surface area contributed by atoms with Gasteiger partial charge in [-0.15, -0.1) is 0 Å². The molecule has 1 amide bonds. The van der Waals surface area contributed by atoms with Crippen LogP contribution < -0.4 is 5.32 Å². The largest absolute Gasteiger partial charge is 0.462 e. The van der Waals surface area contributed by atoms with E-state index in [4.69, 9.17) is 9.47 Å². The number of allylic oxidation sites excluding steroid dienone is 1. The normalized spacial score (nSPS) is 46.7. The molecule has 0 spiro atoms. The Hall–Kier alpha value is -2.18. The summed E-state index contributed by atoms with van der Waals surface area (Å²) in [5, 5.41) is 2.80. The molecule has 0 bridgehead atoms. The fourth-order valence-corrected chi connectivity index (χ4v) is 9.11. The van der Waals surface area contributed by atoms with Crippen molar-refractivity contribution < 1.29 is 28.7 Å². The van der Waals surface area contributed by atoms with Crippen molar-refractivity contribution in [3.05, 3.63) is 11.6 Å². The third-order valence-corrected chi connectivity index (χ3v) is 10.5. The molecule has 1 N–H and O–H groups in total. The third-order valence-electron chi connectivity index (χ3n) is 10.5. The van der Waals surface area contributed by atoms with Gasteiger partial charge in [0.15, 0.2) is 11.4 Å². The molecule has 0 radical (unpaired) electrons. The lowest BCUT2D eigenvalue weighted by Crippen LogP contribution is -2.58. The molecule has 9 atom stereocenters. The Kier molecular flexibility index (Phi) is 5.31. The fourth-order valence-electron chi connectivity index (χ4n) is 9.11. The highest BCUT2D eigenvalue weighted by atomic mass is 16.6. The van der Waals surface area contributed by atoms with Crippen molar-refractivity contribution in [2.75, 3.05) is 0 Å². The molecule has 1 heterocycles. The zero-order chi connectivity index (χ0) is 24.6. The van der Waals surface area contributed by atoms with Gasteiger partial charge in [-0.2, -0.15) is 0 Å². The summed E-state index contributed by atoms with van der Waals surface area (Å²) in [5.74, 6) is -0.259. The van der Waals surface area contributed by atoms with Gasteiger partial charge in [0.05, 0.1) is 0 Å². The van der Waals surface area contributed by atoms with Gasteiger partial charge in [0, 0.05) is 31.6 Å². The summed E-state index contributed by atoms with van der Waals surface area (Å²) in [6.45, 7) is 8.95. The fraction of sp³-hybridized carbons (Fsp3) is 0.778. The Morgan fingerprint density at radius 2 is 1.79 bits per heavy atom. The lowest BCUT2D eigenvalue weighted by molar-refractivity contribution is -0.180. The number of carbonyl (C=O) groups is 4. The van der Waals surface area contributed by atoms with Crippen LogP contribution in [0.25, 0.3) is 0 Å². The third kappa shape index (κ3) is 3.00. The summed E-state index contributed by atoms with van der Waals surface area (Å²) in [6.07, 6.45) is 8.46. The first-order chi connectivity index (χ1) is 15.9. The van der Waals surface area contributed by atoms with Crippen LogP contribution in [0.4, 0.5) is 0 Å². The molecule has 1 aliphatic heterocycles. The maximum Gasteiger partial charge on any atom is 0.330 e. The summed E-state index contributed by atoms with van der Waals surface area (Å²) >= 11 is 0. The van der Waals surface area contributed by atoms with Crippen molar-refractivity contribution in [2.45, 2.75) is 97.3 Å². The molecule has 0 aromatic carbocycles. The van der Waals surface area contributed by atoms with Crippen LogP contribution in [0.3, 0.4) is 0 Å². The Morgan fingerprint density at radius 1 is 1.06 bits per heavy atom. The average molecular weight is 472 g/mol. The van der Waals surface area contributed by atoms with Crippen molar-refractivity contribution in [1.82, 2.24) is 5.32 Å². The number of nitrogens with one attached hydrogen (secondary N) is 1. The van der Waals surface area contributed by atoms with Crippen LogP contribution >= 0.6 is 0 Å². The molecule has 7 nitrogen and oxygen atoms in total. The number of fused-ring (bicyclic) bond motifs is 7. The van der Waals surface area contributed by atoms with E-state index in [2.05, 4.69) is 25.2 Å². The topological polar surface area (TPSA) is 98.8 Å². The van der Waals surface area contributed by atoms with Crippen LogP contribution in [-0.2, 0) is 28.7 Å². The molecule has 4 aliphatic carbocycles. The number of hydrogen-bond acceptors (Lipinski definition) is 6. The Balaban J connectivity index is 1.48. The van der Waals surface area contributed by atoms with Gasteiger partial charge in [-0.05, 0) is 68.6 Å². The lowest BCUT2D eigenvalue weighted by atomic mass is 9.46. The minimum Gasteiger partial charge on any atom is -0.462 e. The molecule has 4 unspecified atom stereocenters. The number of rotatable bonds is 3. The van der Waals surface area contributed by atoms with Crippen molar-refractivity contribution in [2.24, 2.45) is 34.5 Å². The van der Waals surface area contributed by atoms with Gasteiger partial charge < -0.3 is 14.8 Å². The average Bonchev–Trinajstić information content (AvgIpc) is 3.17. The number of amides is 1. The first-order valence-electron chi connectivity index (χ1n) is 12.8. The molecule has 7 heteroatoms. The molecular weight excluding hydrogens is 434 g/mol. The van der Waals surface area contributed by atoms with Crippen LogP contribution in [-0.4, -0.2) is 41.4 Å². The SMILES string of the molecule is CC(=O)N[C@@H]1C(=O)O[C@]2(C(C)=O)C1CC1C3CC=C4C[C@@H](OC(C)=O)CC[C@]4(C)C3CC[C@@]12C. The maximum atomic E-state index is 13.2. The first kappa shape index (κ1) is 23.6. The van der Waals surface area contributed by atoms with Crippen LogP contribution in [0.5, 0.6) is 0 Å². The Morgan fingerprint density at radius 3 is 2.44 bits per heavy atom. The molecule has 0 aromatic heterocycles. The highest BCUT2D eigenvalue weighted by Crippen LogP contribution is 2.71. The van der Waals surface area contributed by atoms with E-state index in [-0.39, 0.29) is 41.0 Å². The minimum atomic E-state index is -1.16. The number of ketones is 1. The molecule has 5 rings (SSSR count). The highest BCUT2D eigenvalue weighted by Gasteiger charge is 2.76. The van der Waals surface area contributed by atoms with Crippen molar-refractivity contribution >= 4 is 23.6 Å². The van der Waals surface area contributed by atoms with Gasteiger partial charge in [0.1, 0.15) is 12.1 Å². The second-order valence-corrected chi connectivity index (χ2v) is 11.9.